The van der Waals surface area contributed by atoms with Gasteiger partial charge in [-0.3, -0.25) is 4.79 Å². The lowest BCUT2D eigenvalue weighted by molar-refractivity contribution is 0.0601. The second-order valence-electron chi connectivity index (χ2n) is 5.68. The van der Waals surface area contributed by atoms with Crippen LogP contribution in [0, 0.1) is 0 Å². The number of rotatable bonds is 5. The van der Waals surface area contributed by atoms with Gasteiger partial charge in [0, 0.05) is 6.07 Å². The summed E-state index contributed by atoms with van der Waals surface area (Å²) in [6.45, 7) is 0. The number of esters is 1. The number of nitrogens with one attached hydrogen (secondary N) is 1. The fraction of sp³-hybridized carbons (Fsp3) is 0.158. The van der Waals surface area contributed by atoms with Crippen LogP contribution < -0.4 is 16.0 Å². The first-order chi connectivity index (χ1) is 13.5. The number of methoxy groups -OCH3 is 2. The minimum absolute atomic E-state index is 0.291. The number of amidine groups is 1. The second kappa shape index (κ2) is 8.57. The Morgan fingerprint density at radius 1 is 1.25 bits per heavy atom. The Labute approximate surface area is 164 Å². The van der Waals surface area contributed by atoms with E-state index < -0.39 is 5.97 Å². The molecule has 3 aromatic rings. The van der Waals surface area contributed by atoms with Crippen molar-refractivity contribution < 1.29 is 14.3 Å². The molecule has 1 aromatic heterocycles. The first kappa shape index (κ1) is 19.4. The number of aromatic nitrogens is 2. The molecule has 0 saturated heterocycles. The monoisotopic (exact) mass is 398 g/mol. The summed E-state index contributed by atoms with van der Waals surface area (Å²) >= 11 is 1.23. The van der Waals surface area contributed by atoms with Crippen molar-refractivity contribution in [2.24, 2.45) is 10.7 Å². The number of nitrogens with zero attached hydrogens (tertiary/aromatic N) is 2. The highest BCUT2D eigenvalue weighted by Crippen LogP contribution is 2.21. The molecule has 0 bridgehead atoms. The van der Waals surface area contributed by atoms with Gasteiger partial charge >= 0.3 is 5.97 Å². The Hall–Kier alpha value is -3.33. The van der Waals surface area contributed by atoms with Gasteiger partial charge < -0.3 is 20.2 Å². The summed E-state index contributed by atoms with van der Waals surface area (Å²) < 4.78 is 9.85. The third kappa shape index (κ3) is 4.49. The zero-order valence-electron chi connectivity index (χ0n) is 15.3. The number of thioether (sulfide) groups is 1. The molecule has 28 heavy (non-hydrogen) atoms. The minimum Gasteiger partial charge on any atom is -0.497 e. The van der Waals surface area contributed by atoms with Gasteiger partial charge in [0.05, 0.1) is 42.1 Å². The number of benzene rings is 2. The SMILES string of the molecule is COC(=O)c1ccc2c(=O)[nH]c(CSC(N)=Nc3cccc(OC)c3)nc2c1. The van der Waals surface area contributed by atoms with E-state index in [0.717, 1.165) is 0 Å². The van der Waals surface area contributed by atoms with Crippen LogP contribution in [0.4, 0.5) is 5.69 Å². The number of hydrogen-bond acceptors (Lipinski definition) is 7. The first-order valence-electron chi connectivity index (χ1n) is 8.22. The Balaban J connectivity index is 1.80. The predicted octanol–water partition coefficient (Wildman–Crippen LogP) is 2.60. The van der Waals surface area contributed by atoms with Crippen molar-refractivity contribution in [2.45, 2.75) is 5.75 Å². The molecule has 3 N–H and O–H groups in total. The molecule has 0 spiro atoms. The van der Waals surface area contributed by atoms with Crippen molar-refractivity contribution in [3.63, 3.8) is 0 Å². The van der Waals surface area contributed by atoms with Crippen molar-refractivity contribution in [3.05, 3.63) is 64.2 Å². The van der Waals surface area contributed by atoms with Crippen LogP contribution in [0.1, 0.15) is 16.2 Å². The van der Waals surface area contributed by atoms with Crippen LogP contribution in [0.15, 0.2) is 52.3 Å². The maximum absolute atomic E-state index is 12.3. The van der Waals surface area contributed by atoms with Crippen LogP contribution in [-0.2, 0) is 10.5 Å². The van der Waals surface area contributed by atoms with E-state index in [2.05, 4.69) is 15.0 Å². The third-order valence-corrected chi connectivity index (χ3v) is 4.63. The molecule has 0 fully saturated rings. The topological polar surface area (TPSA) is 120 Å². The van der Waals surface area contributed by atoms with E-state index in [9.17, 15) is 9.59 Å². The lowest BCUT2D eigenvalue weighted by atomic mass is 10.1. The molecular weight excluding hydrogens is 380 g/mol. The van der Waals surface area contributed by atoms with E-state index in [0.29, 0.717) is 44.6 Å². The number of aliphatic imine (C=N–C) groups is 1. The Kier molecular flexibility index (Phi) is 5.95. The molecule has 0 aliphatic rings. The number of carbonyl (C=O) groups is 1. The Bertz CT molecular complexity index is 1110. The van der Waals surface area contributed by atoms with Crippen molar-refractivity contribution in [1.82, 2.24) is 9.97 Å². The smallest absolute Gasteiger partial charge is 0.337 e. The minimum atomic E-state index is -0.491. The molecule has 2 aromatic carbocycles. The van der Waals surface area contributed by atoms with Gasteiger partial charge in [-0.2, -0.15) is 0 Å². The summed E-state index contributed by atoms with van der Waals surface area (Å²) in [6.07, 6.45) is 0. The molecule has 0 atom stereocenters. The largest absolute Gasteiger partial charge is 0.497 e. The Morgan fingerprint density at radius 3 is 2.82 bits per heavy atom. The summed E-state index contributed by atoms with van der Waals surface area (Å²) in [5, 5.41) is 0.707. The average Bonchev–Trinajstić information content (AvgIpc) is 2.71. The van der Waals surface area contributed by atoms with Crippen LogP contribution in [0.2, 0.25) is 0 Å². The average molecular weight is 398 g/mol. The van der Waals surface area contributed by atoms with Crippen LogP contribution in [-0.4, -0.2) is 35.3 Å². The molecule has 8 nitrogen and oxygen atoms in total. The van der Waals surface area contributed by atoms with Gasteiger partial charge in [-0.05, 0) is 30.3 Å². The van der Waals surface area contributed by atoms with E-state index in [4.69, 9.17) is 15.2 Å². The zero-order chi connectivity index (χ0) is 20.1. The zero-order valence-corrected chi connectivity index (χ0v) is 16.1. The molecule has 0 saturated carbocycles. The fourth-order valence-corrected chi connectivity index (χ4v) is 3.07. The fourth-order valence-electron chi connectivity index (χ4n) is 2.48. The van der Waals surface area contributed by atoms with Crippen molar-refractivity contribution in [1.29, 1.82) is 0 Å². The quantitative estimate of drug-likeness (QED) is 0.385. The van der Waals surface area contributed by atoms with Crippen LogP contribution in [0.5, 0.6) is 5.75 Å². The van der Waals surface area contributed by atoms with E-state index in [-0.39, 0.29) is 5.56 Å². The molecule has 144 valence electrons. The number of H-pyrrole nitrogens is 1. The normalized spacial score (nSPS) is 11.4. The number of hydrogen-bond donors (Lipinski definition) is 2. The van der Waals surface area contributed by atoms with E-state index in [1.165, 1.54) is 31.0 Å². The summed E-state index contributed by atoms with van der Waals surface area (Å²) in [6, 6.07) is 11.8. The molecule has 9 heteroatoms. The van der Waals surface area contributed by atoms with Gasteiger partial charge in [-0.25, -0.2) is 14.8 Å². The summed E-state index contributed by atoms with van der Waals surface area (Å²) in [5.74, 6) is 0.927. The highest BCUT2D eigenvalue weighted by molar-refractivity contribution is 8.13. The van der Waals surface area contributed by atoms with Gasteiger partial charge in [-0.1, -0.05) is 17.8 Å². The number of aromatic amines is 1. The van der Waals surface area contributed by atoms with E-state index in [1.54, 1.807) is 25.3 Å². The molecule has 0 radical (unpaired) electrons. The van der Waals surface area contributed by atoms with Gasteiger partial charge in [0.2, 0.25) is 0 Å². The number of ether oxygens (including phenoxy) is 2. The highest BCUT2D eigenvalue weighted by Gasteiger charge is 2.10. The van der Waals surface area contributed by atoms with Gasteiger partial charge in [-0.15, -0.1) is 0 Å². The van der Waals surface area contributed by atoms with Gasteiger partial charge in [0.25, 0.3) is 5.56 Å². The number of nitrogens with two attached hydrogens (primary N) is 1. The first-order valence-corrected chi connectivity index (χ1v) is 9.21. The maximum Gasteiger partial charge on any atom is 0.337 e. The molecule has 0 amide bonds. The van der Waals surface area contributed by atoms with Crippen LogP contribution >= 0.6 is 11.8 Å². The summed E-state index contributed by atoms with van der Waals surface area (Å²) in [7, 11) is 2.87. The van der Waals surface area contributed by atoms with Crippen LogP contribution in [0.3, 0.4) is 0 Å². The van der Waals surface area contributed by atoms with E-state index in [1.807, 2.05) is 12.1 Å². The van der Waals surface area contributed by atoms with Crippen molar-refractivity contribution in [3.8, 4) is 5.75 Å². The van der Waals surface area contributed by atoms with Gasteiger partial charge in [0.15, 0.2) is 5.17 Å². The molecule has 0 aliphatic carbocycles. The molecule has 3 rings (SSSR count). The maximum atomic E-state index is 12.3. The molecular formula is C19H18N4O4S. The molecule has 1 heterocycles. The Morgan fingerprint density at radius 2 is 2.07 bits per heavy atom. The molecule has 0 aliphatic heterocycles. The standard InChI is InChI=1S/C19H18N4O4S/c1-26-13-5-3-4-12(9-13)21-19(20)28-10-16-22-15-8-11(18(25)27-2)6-7-14(15)17(24)23-16/h3-9H,10H2,1-2H3,(H2,20,21)(H,22,23,24). The number of fused-ring (bicyclic) bond motifs is 1. The lowest BCUT2D eigenvalue weighted by Gasteiger charge is -2.05. The second-order valence-corrected chi connectivity index (χ2v) is 6.67. The van der Waals surface area contributed by atoms with Crippen molar-refractivity contribution in [2.75, 3.05) is 14.2 Å². The van der Waals surface area contributed by atoms with Crippen molar-refractivity contribution >= 4 is 39.5 Å². The third-order valence-electron chi connectivity index (χ3n) is 3.83. The van der Waals surface area contributed by atoms with Gasteiger partial charge in [0.1, 0.15) is 11.6 Å². The summed E-state index contributed by atoms with van der Waals surface area (Å²) in [5.41, 5.74) is 7.07. The predicted molar refractivity (Wildman–Crippen MR) is 109 cm³/mol. The lowest BCUT2D eigenvalue weighted by Crippen LogP contribution is -2.14. The van der Waals surface area contributed by atoms with E-state index >= 15 is 0 Å². The summed E-state index contributed by atoms with van der Waals surface area (Å²) in [4.78, 5) is 35.4. The highest BCUT2D eigenvalue weighted by atomic mass is 32.2. The van der Waals surface area contributed by atoms with Crippen LogP contribution in [0.25, 0.3) is 10.9 Å². The molecule has 0 unspecified atom stereocenters. The number of carbonyl (C=O) groups excluding carboxylic acids is 1.